The highest BCUT2D eigenvalue weighted by molar-refractivity contribution is 9.10. The van der Waals surface area contributed by atoms with Crippen molar-refractivity contribution in [1.29, 1.82) is 5.26 Å². The van der Waals surface area contributed by atoms with Gasteiger partial charge in [0, 0.05) is 27.7 Å². The Kier molecular flexibility index (Phi) is 4.15. The zero-order valence-corrected chi connectivity index (χ0v) is 14.2. The number of aryl methyl sites for hydroxylation is 1. The largest absolute Gasteiger partial charge is 0.339 e. The molecule has 0 saturated carbocycles. The molecular weight excluding hydrogens is 372 g/mol. The van der Waals surface area contributed by atoms with Crippen molar-refractivity contribution in [2.24, 2.45) is 0 Å². The maximum Gasteiger partial charge on any atom is 0.270 e. The zero-order chi connectivity index (χ0) is 17.3. The Morgan fingerprint density at radius 2 is 2.08 bits per heavy atom. The molecule has 0 aliphatic heterocycles. The van der Waals surface area contributed by atoms with Gasteiger partial charge in [0.1, 0.15) is 11.9 Å². The van der Waals surface area contributed by atoms with Crippen LogP contribution >= 0.6 is 15.9 Å². The highest BCUT2D eigenvalue weighted by Crippen LogP contribution is 2.29. The fourth-order valence-electron chi connectivity index (χ4n) is 2.43. The molecule has 24 heavy (non-hydrogen) atoms. The van der Waals surface area contributed by atoms with Crippen molar-refractivity contribution in [3.8, 4) is 6.07 Å². The highest BCUT2D eigenvalue weighted by Gasteiger charge is 2.14. The summed E-state index contributed by atoms with van der Waals surface area (Å²) >= 11 is 3.39. The van der Waals surface area contributed by atoms with Crippen LogP contribution in [0.25, 0.3) is 10.9 Å². The number of nitriles is 1. The molecule has 3 rings (SSSR count). The number of non-ortho nitro benzene ring substituents is 1. The third-order valence-electron chi connectivity index (χ3n) is 3.51. The molecule has 0 radical (unpaired) electrons. The molecule has 2 aromatic carbocycles. The van der Waals surface area contributed by atoms with Crippen molar-refractivity contribution in [3.63, 3.8) is 0 Å². The highest BCUT2D eigenvalue weighted by atomic mass is 79.9. The molecule has 3 aromatic rings. The van der Waals surface area contributed by atoms with Crippen LogP contribution < -0.4 is 5.32 Å². The number of nitrogens with one attached hydrogen (secondary N) is 1. The Morgan fingerprint density at radius 1 is 1.29 bits per heavy atom. The van der Waals surface area contributed by atoms with E-state index in [9.17, 15) is 15.4 Å². The van der Waals surface area contributed by atoms with Gasteiger partial charge < -0.3 is 5.32 Å². The Hall–Kier alpha value is -2.98. The number of rotatable bonds is 3. The van der Waals surface area contributed by atoms with Crippen molar-refractivity contribution in [3.05, 3.63) is 68.2 Å². The minimum Gasteiger partial charge on any atom is -0.339 e. The first-order valence-electron chi connectivity index (χ1n) is 7.00. The van der Waals surface area contributed by atoms with Crippen molar-refractivity contribution in [1.82, 2.24) is 4.98 Å². The number of nitro benzene ring substituents is 1. The predicted octanol–water partition coefficient (Wildman–Crippen LogP) is 4.83. The van der Waals surface area contributed by atoms with E-state index in [1.54, 1.807) is 13.0 Å². The molecule has 0 aliphatic carbocycles. The Labute approximate surface area is 146 Å². The molecule has 7 heteroatoms. The molecule has 0 unspecified atom stereocenters. The summed E-state index contributed by atoms with van der Waals surface area (Å²) in [5.74, 6) is 0.417. The lowest BCUT2D eigenvalue weighted by Gasteiger charge is -2.10. The second-order valence-electron chi connectivity index (χ2n) is 5.22. The molecule has 1 N–H and O–H groups in total. The minimum absolute atomic E-state index is 0.0154. The van der Waals surface area contributed by atoms with Gasteiger partial charge in [-0.25, -0.2) is 4.98 Å². The summed E-state index contributed by atoms with van der Waals surface area (Å²) in [6.07, 6.45) is 0. The smallest absolute Gasteiger partial charge is 0.270 e. The molecule has 118 valence electrons. The number of benzene rings is 2. The van der Waals surface area contributed by atoms with Gasteiger partial charge in [-0.2, -0.15) is 5.26 Å². The summed E-state index contributed by atoms with van der Waals surface area (Å²) in [5.41, 5.74) is 2.39. The average molecular weight is 383 g/mol. The van der Waals surface area contributed by atoms with Gasteiger partial charge >= 0.3 is 0 Å². The Balaban J connectivity index is 2.15. The molecule has 1 aromatic heterocycles. The van der Waals surface area contributed by atoms with Gasteiger partial charge in [-0.3, -0.25) is 10.1 Å². The lowest BCUT2D eigenvalue weighted by Crippen LogP contribution is -1.99. The van der Waals surface area contributed by atoms with Gasteiger partial charge in [-0.05, 0) is 36.8 Å². The van der Waals surface area contributed by atoms with Crippen LogP contribution in [-0.4, -0.2) is 9.91 Å². The van der Waals surface area contributed by atoms with Crippen molar-refractivity contribution in [2.45, 2.75) is 6.92 Å². The summed E-state index contributed by atoms with van der Waals surface area (Å²) in [6, 6.07) is 14.1. The second-order valence-corrected chi connectivity index (χ2v) is 6.14. The number of hydrogen-bond donors (Lipinski definition) is 1. The fourth-order valence-corrected chi connectivity index (χ4v) is 2.83. The van der Waals surface area contributed by atoms with E-state index in [-0.39, 0.29) is 5.69 Å². The lowest BCUT2D eigenvalue weighted by atomic mass is 10.1. The summed E-state index contributed by atoms with van der Waals surface area (Å²) in [7, 11) is 0. The van der Waals surface area contributed by atoms with Gasteiger partial charge in [-0.15, -0.1) is 0 Å². The first-order chi connectivity index (χ1) is 11.5. The quantitative estimate of drug-likeness (QED) is 0.517. The van der Waals surface area contributed by atoms with Crippen molar-refractivity contribution < 1.29 is 4.92 Å². The van der Waals surface area contributed by atoms with Crippen LogP contribution in [0.5, 0.6) is 0 Å². The second kappa shape index (κ2) is 6.26. The summed E-state index contributed by atoms with van der Waals surface area (Å²) in [6.45, 7) is 1.76. The van der Waals surface area contributed by atoms with E-state index in [0.29, 0.717) is 27.8 Å². The fraction of sp³-hybridized carbons (Fsp3) is 0.0588. The number of anilines is 2. The third kappa shape index (κ3) is 3.05. The molecule has 0 amide bonds. The molecule has 0 saturated heterocycles. The zero-order valence-electron chi connectivity index (χ0n) is 12.6. The van der Waals surface area contributed by atoms with Gasteiger partial charge in [0.15, 0.2) is 0 Å². The van der Waals surface area contributed by atoms with E-state index in [0.717, 1.165) is 10.2 Å². The topological polar surface area (TPSA) is 91.9 Å². The summed E-state index contributed by atoms with van der Waals surface area (Å²) in [4.78, 5) is 15.0. The van der Waals surface area contributed by atoms with E-state index in [1.165, 1.54) is 12.1 Å². The van der Waals surface area contributed by atoms with Crippen LogP contribution in [0.3, 0.4) is 0 Å². The number of nitro groups is 1. The SMILES string of the molecule is Cc1cc([N+](=O)[O-])cc2cc(C#N)c(Nc3cccc(Br)c3)nc12. The standard InChI is InChI=1S/C17H11BrN4O2/c1-10-5-15(22(23)24)7-11-6-12(9-19)17(21-16(10)11)20-14-4-2-3-13(18)8-14/h2-8H,1H3,(H,20,21). The van der Waals surface area contributed by atoms with E-state index >= 15 is 0 Å². The molecule has 0 fully saturated rings. The minimum atomic E-state index is -0.452. The normalized spacial score (nSPS) is 10.4. The Morgan fingerprint density at radius 3 is 2.75 bits per heavy atom. The molecule has 0 aliphatic rings. The molecule has 0 spiro atoms. The number of fused-ring (bicyclic) bond motifs is 1. The first-order valence-corrected chi connectivity index (χ1v) is 7.79. The Bertz CT molecular complexity index is 1010. The van der Waals surface area contributed by atoms with Crippen LogP contribution in [0, 0.1) is 28.4 Å². The predicted molar refractivity (Wildman–Crippen MR) is 95.3 cm³/mol. The first kappa shape index (κ1) is 15.9. The average Bonchev–Trinajstić information content (AvgIpc) is 2.54. The van der Waals surface area contributed by atoms with Crippen molar-refractivity contribution in [2.75, 3.05) is 5.32 Å². The number of pyridine rings is 1. The van der Waals surface area contributed by atoms with Crippen LogP contribution in [0.15, 0.2) is 46.9 Å². The number of nitrogens with zero attached hydrogens (tertiary/aromatic N) is 3. The summed E-state index contributed by atoms with van der Waals surface area (Å²) in [5, 5.41) is 24.1. The monoisotopic (exact) mass is 382 g/mol. The van der Waals surface area contributed by atoms with Gasteiger partial charge in [-0.1, -0.05) is 22.0 Å². The molecule has 0 atom stereocenters. The molecule has 1 heterocycles. The van der Waals surface area contributed by atoms with E-state index in [1.807, 2.05) is 24.3 Å². The number of hydrogen-bond acceptors (Lipinski definition) is 5. The van der Waals surface area contributed by atoms with Gasteiger partial charge in [0.2, 0.25) is 0 Å². The maximum absolute atomic E-state index is 11.0. The van der Waals surface area contributed by atoms with Crippen molar-refractivity contribution >= 4 is 44.0 Å². The molecule has 0 bridgehead atoms. The number of halogens is 1. The van der Waals surface area contributed by atoms with Crippen LogP contribution in [-0.2, 0) is 0 Å². The molecular formula is C17H11BrN4O2. The van der Waals surface area contributed by atoms with Crippen LogP contribution in [0.4, 0.5) is 17.2 Å². The van der Waals surface area contributed by atoms with Crippen LogP contribution in [0.1, 0.15) is 11.1 Å². The number of aromatic nitrogens is 1. The third-order valence-corrected chi connectivity index (χ3v) is 4.01. The maximum atomic E-state index is 11.0. The van der Waals surface area contributed by atoms with E-state index < -0.39 is 4.92 Å². The van der Waals surface area contributed by atoms with Gasteiger partial charge in [0.05, 0.1) is 16.0 Å². The molecule has 6 nitrogen and oxygen atoms in total. The summed E-state index contributed by atoms with van der Waals surface area (Å²) < 4.78 is 0.901. The van der Waals surface area contributed by atoms with Crippen LogP contribution in [0.2, 0.25) is 0 Å². The van der Waals surface area contributed by atoms with Gasteiger partial charge in [0.25, 0.3) is 5.69 Å². The van der Waals surface area contributed by atoms with E-state index in [4.69, 9.17) is 0 Å². The van der Waals surface area contributed by atoms with E-state index in [2.05, 4.69) is 32.3 Å². The lowest BCUT2D eigenvalue weighted by molar-refractivity contribution is -0.384.